The number of nitrogens with one attached hydrogen (secondary N) is 2. The Hall–Kier alpha value is -1.85. The normalized spacial score (nSPS) is 10.6. The van der Waals surface area contributed by atoms with E-state index in [4.69, 9.17) is 0 Å². The van der Waals surface area contributed by atoms with Crippen LogP contribution in [0.5, 0.6) is 5.75 Å². The fourth-order valence-electron chi connectivity index (χ4n) is 1.32. The van der Waals surface area contributed by atoms with Crippen LogP contribution in [0.3, 0.4) is 0 Å². The summed E-state index contributed by atoms with van der Waals surface area (Å²) < 4.78 is 28.1. The molecule has 0 aliphatic rings. The summed E-state index contributed by atoms with van der Waals surface area (Å²) >= 11 is 0. The lowest BCUT2D eigenvalue weighted by Crippen LogP contribution is -2.32. The second-order valence-electron chi connectivity index (χ2n) is 4.45. The van der Waals surface area contributed by atoms with Crippen molar-refractivity contribution in [1.82, 2.24) is 5.32 Å². The van der Waals surface area contributed by atoms with Gasteiger partial charge in [0.2, 0.25) is 5.91 Å². The van der Waals surface area contributed by atoms with Crippen molar-refractivity contribution < 1.29 is 18.3 Å². The summed E-state index contributed by atoms with van der Waals surface area (Å²) in [7, 11) is 0. The Bertz CT molecular complexity index is 394. The lowest BCUT2D eigenvalue weighted by molar-refractivity contribution is -0.119. The third kappa shape index (κ3) is 6.59. The van der Waals surface area contributed by atoms with Crippen LogP contribution in [0.1, 0.15) is 13.8 Å². The largest absolute Gasteiger partial charge is 0.435 e. The highest BCUT2D eigenvalue weighted by Crippen LogP contribution is 2.17. The van der Waals surface area contributed by atoms with E-state index in [1.165, 1.54) is 12.1 Å². The summed E-state index contributed by atoms with van der Waals surface area (Å²) in [5.74, 6) is 0.376. The molecule has 0 spiro atoms. The van der Waals surface area contributed by atoms with Crippen LogP contribution in [-0.4, -0.2) is 25.6 Å². The van der Waals surface area contributed by atoms with Crippen LogP contribution in [0.25, 0.3) is 0 Å². The van der Waals surface area contributed by atoms with Gasteiger partial charge >= 0.3 is 6.61 Å². The highest BCUT2D eigenvalue weighted by Gasteiger charge is 2.05. The Kier molecular flexibility index (Phi) is 6.05. The molecule has 19 heavy (non-hydrogen) atoms. The van der Waals surface area contributed by atoms with Crippen molar-refractivity contribution in [3.8, 4) is 5.75 Å². The molecule has 0 radical (unpaired) electrons. The lowest BCUT2D eigenvalue weighted by atomic mass is 10.2. The molecule has 0 aliphatic heterocycles. The lowest BCUT2D eigenvalue weighted by Gasteiger charge is -2.10. The van der Waals surface area contributed by atoms with Gasteiger partial charge in [0.05, 0.1) is 6.54 Å². The van der Waals surface area contributed by atoms with E-state index >= 15 is 0 Å². The first-order valence-electron chi connectivity index (χ1n) is 6.03. The second-order valence-corrected chi connectivity index (χ2v) is 4.45. The van der Waals surface area contributed by atoms with Gasteiger partial charge in [-0.3, -0.25) is 4.79 Å². The van der Waals surface area contributed by atoms with E-state index in [1.807, 2.05) is 13.8 Å². The van der Waals surface area contributed by atoms with E-state index in [0.29, 0.717) is 18.2 Å². The first kappa shape index (κ1) is 15.2. The van der Waals surface area contributed by atoms with Crippen LogP contribution >= 0.6 is 0 Å². The Labute approximate surface area is 111 Å². The smallest absolute Gasteiger partial charge is 0.387 e. The number of hydrogen-bond acceptors (Lipinski definition) is 3. The van der Waals surface area contributed by atoms with Crippen LogP contribution in [0.15, 0.2) is 24.3 Å². The number of carbonyl (C=O) groups is 1. The van der Waals surface area contributed by atoms with Gasteiger partial charge in [0.1, 0.15) is 5.75 Å². The average molecular weight is 272 g/mol. The van der Waals surface area contributed by atoms with Crippen LogP contribution in [-0.2, 0) is 4.79 Å². The average Bonchev–Trinajstić information content (AvgIpc) is 2.35. The fourth-order valence-corrected chi connectivity index (χ4v) is 1.32. The first-order chi connectivity index (χ1) is 8.97. The van der Waals surface area contributed by atoms with Gasteiger partial charge in [0.15, 0.2) is 0 Å². The number of carbonyl (C=O) groups excluding carboxylic acids is 1. The molecule has 0 atom stereocenters. The van der Waals surface area contributed by atoms with Gasteiger partial charge in [0.25, 0.3) is 0 Å². The maximum atomic E-state index is 11.9. The minimum absolute atomic E-state index is 0.0878. The molecule has 1 aromatic rings. The van der Waals surface area contributed by atoms with Gasteiger partial charge in [-0.05, 0) is 30.2 Å². The quantitative estimate of drug-likeness (QED) is 0.801. The topological polar surface area (TPSA) is 50.4 Å². The van der Waals surface area contributed by atoms with Crippen molar-refractivity contribution in [3.63, 3.8) is 0 Å². The zero-order valence-electron chi connectivity index (χ0n) is 11.0. The molecule has 4 nitrogen and oxygen atoms in total. The highest BCUT2D eigenvalue weighted by molar-refractivity contribution is 5.80. The first-order valence-corrected chi connectivity index (χ1v) is 6.03. The summed E-state index contributed by atoms with van der Waals surface area (Å²) in [6.07, 6.45) is 0. The molecule has 0 heterocycles. The monoisotopic (exact) mass is 272 g/mol. The number of rotatable bonds is 7. The fraction of sp³-hybridized carbons (Fsp3) is 0.462. The van der Waals surface area contributed by atoms with E-state index in [1.54, 1.807) is 12.1 Å². The molecule has 106 valence electrons. The zero-order valence-corrected chi connectivity index (χ0v) is 11.0. The summed E-state index contributed by atoms with van der Waals surface area (Å²) in [5, 5.41) is 5.66. The predicted octanol–water partition coefficient (Wildman–Crippen LogP) is 2.47. The number of alkyl halides is 2. The minimum Gasteiger partial charge on any atom is -0.435 e. The van der Waals surface area contributed by atoms with Crippen molar-refractivity contribution in [2.75, 3.05) is 18.4 Å². The molecule has 0 aliphatic carbocycles. The Morgan fingerprint density at radius 2 is 1.89 bits per heavy atom. The molecule has 0 aromatic heterocycles. The van der Waals surface area contributed by atoms with Crippen molar-refractivity contribution in [2.45, 2.75) is 20.5 Å². The number of amides is 1. The van der Waals surface area contributed by atoms with Crippen LogP contribution in [0.4, 0.5) is 14.5 Å². The van der Waals surface area contributed by atoms with Gasteiger partial charge in [-0.2, -0.15) is 8.78 Å². The number of anilines is 1. The third-order valence-electron chi connectivity index (χ3n) is 2.24. The van der Waals surface area contributed by atoms with Crippen LogP contribution in [0.2, 0.25) is 0 Å². The maximum Gasteiger partial charge on any atom is 0.387 e. The molecule has 1 rings (SSSR count). The number of halogens is 2. The van der Waals surface area contributed by atoms with Crippen molar-refractivity contribution >= 4 is 11.6 Å². The van der Waals surface area contributed by atoms with E-state index in [9.17, 15) is 13.6 Å². The minimum atomic E-state index is -2.83. The van der Waals surface area contributed by atoms with E-state index in [-0.39, 0.29) is 18.2 Å². The Morgan fingerprint density at radius 3 is 2.42 bits per heavy atom. The van der Waals surface area contributed by atoms with Crippen molar-refractivity contribution in [1.29, 1.82) is 0 Å². The van der Waals surface area contributed by atoms with Gasteiger partial charge in [-0.1, -0.05) is 13.8 Å². The molecule has 2 N–H and O–H groups in total. The summed E-state index contributed by atoms with van der Waals surface area (Å²) in [6.45, 7) is 1.95. The molecule has 0 fully saturated rings. The predicted molar refractivity (Wildman–Crippen MR) is 69.4 cm³/mol. The Balaban J connectivity index is 2.35. The van der Waals surface area contributed by atoms with Crippen LogP contribution < -0.4 is 15.4 Å². The van der Waals surface area contributed by atoms with Gasteiger partial charge in [0, 0.05) is 12.2 Å². The standard InChI is InChI=1S/C13H18F2N2O2/c1-9(2)7-17-12(18)8-16-10-3-5-11(6-4-10)19-13(14)15/h3-6,9,13,16H,7-8H2,1-2H3,(H,17,18). The second kappa shape index (κ2) is 7.56. The van der Waals surface area contributed by atoms with E-state index < -0.39 is 6.61 Å². The van der Waals surface area contributed by atoms with Gasteiger partial charge in [-0.25, -0.2) is 0 Å². The van der Waals surface area contributed by atoms with Crippen molar-refractivity contribution in [2.24, 2.45) is 5.92 Å². The Morgan fingerprint density at radius 1 is 1.26 bits per heavy atom. The molecule has 0 saturated heterocycles. The molecule has 6 heteroatoms. The number of hydrogen-bond donors (Lipinski definition) is 2. The summed E-state index contributed by atoms with van der Waals surface area (Å²) in [6, 6.07) is 5.99. The maximum absolute atomic E-state index is 11.9. The number of benzene rings is 1. The summed E-state index contributed by atoms with van der Waals surface area (Å²) in [5.41, 5.74) is 0.668. The molecule has 0 unspecified atom stereocenters. The van der Waals surface area contributed by atoms with E-state index in [2.05, 4.69) is 15.4 Å². The highest BCUT2D eigenvalue weighted by atomic mass is 19.3. The number of ether oxygens (including phenoxy) is 1. The van der Waals surface area contributed by atoms with Gasteiger partial charge < -0.3 is 15.4 Å². The molecule has 1 amide bonds. The van der Waals surface area contributed by atoms with Crippen molar-refractivity contribution in [3.05, 3.63) is 24.3 Å². The van der Waals surface area contributed by atoms with Gasteiger partial charge in [-0.15, -0.1) is 0 Å². The van der Waals surface area contributed by atoms with E-state index in [0.717, 1.165) is 0 Å². The third-order valence-corrected chi connectivity index (χ3v) is 2.24. The molecule has 1 aromatic carbocycles. The SMILES string of the molecule is CC(C)CNC(=O)CNc1ccc(OC(F)F)cc1. The summed E-state index contributed by atoms with van der Waals surface area (Å²) in [4.78, 5) is 11.4. The molecule has 0 bridgehead atoms. The van der Waals surface area contributed by atoms with Crippen LogP contribution in [0, 0.1) is 5.92 Å². The zero-order chi connectivity index (χ0) is 14.3. The molecular formula is C13H18F2N2O2. The molecule has 0 saturated carbocycles. The molecular weight excluding hydrogens is 254 g/mol.